The van der Waals surface area contributed by atoms with Gasteiger partial charge < -0.3 is 10.2 Å². The fourth-order valence-electron chi connectivity index (χ4n) is 4.86. The van der Waals surface area contributed by atoms with Crippen LogP contribution in [0.1, 0.15) is 61.4 Å². The molecule has 0 aliphatic rings. The highest BCUT2D eigenvalue weighted by Gasteiger charge is 2.32. The zero-order valence-corrected chi connectivity index (χ0v) is 26.8. The van der Waals surface area contributed by atoms with E-state index in [4.69, 9.17) is 0 Å². The van der Waals surface area contributed by atoms with Gasteiger partial charge in [-0.3, -0.25) is 13.9 Å². The maximum atomic E-state index is 14.0. The fourth-order valence-corrected chi connectivity index (χ4v) is 5.82. The van der Waals surface area contributed by atoms with Crippen LogP contribution in [0.5, 0.6) is 0 Å². The van der Waals surface area contributed by atoms with Crippen molar-refractivity contribution in [1.29, 1.82) is 0 Å². The van der Waals surface area contributed by atoms with Crippen LogP contribution in [0.25, 0.3) is 0 Å². The molecule has 0 saturated carbocycles. The summed E-state index contributed by atoms with van der Waals surface area (Å²) in [5.41, 5.74) is 5.11. The van der Waals surface area contributed by atoms with Gasteiger partial charge in [0.15, 0.2) is 0 Å². The molecule has 0 radical (unpaired) electrons. The Labute approximate surface area is 252 Å². The van der Waals surface area contributed by atoms with Crippen molar-refractivity contribution in [3.05, 3.63) is 101 Å². The Kier molecular flexibility index (Phi) is 11.0. The van der Waals surface area contributed by atoms with Crippen molar-refractivity contribution >= 4 is 27.5 Å². The van der Waals surface area contributed by atoms with Crippen LogP contribution in [0.4, 0.5) is 5.69 Å². The van der Waals surface area contributed by atoms with Gasteiger partial charge in [0, 0.05) is 31.5 Å². The monoisotopic (exact) mass is 591 g/mol. The SMILES string of the molecule is Cc1ccc(N(CCCC(=O)N(Cc2ccccc2C)[C@H](Cc2ccccc2)C(=O)NC(C)(C)C)S(C)(=O)=O)cc1C. The Balaban J connectivity index is 1.92. The van der Waals surface area contributed by atoms with Gasteiger partial charge in [-0.15, -0.1) is 0 Å². The Bertz CT molecular complexity index is 1480. The zero-order valence-electron chi connectivity index (χ0n) is 26.0. The normalized spacial score (nSPS) is 12.5. The summed E-state index contributed by atoms with van der Waals surface area (Å²) in [6.07, 6.45) is 1.94. The third-order valence-corrected chi connectivity index (χ3v) is 8.50. The lowest BCUT2D eigenvalue weighted by Crippen LogP contribution is -2.54. The number of rotatable bonds is 12. The molecule has 0 saturated heterocycles. The first kappa shape index (κ1) is 32.9. The van der Waals surface area contributed by atoms with Crippen LogP contribution in [0, 0.1) is 20.8 Å². The predicted octanol–water partition coefficient (Wildman–Crippen LogP) is 5.71. The number of amides is 2. The van der Waals surface area contributed by atoms with E-state index in [1.165, 1.54) is 10.6 Å². The Morgan fingerprint density at radius 1 is 0.857 bits per heavy atom. The van der Waals surface area contributed by atoms with E-state index in [1.54, 1.807) is 11.0 Å². The Morgan fingerprint density at radius 3 is 2.10 bits per heavy atom. The van der Waals surface area contributed by atoms with Gasteiger partial charge in [0.05, 0.1) is 11.9 Å². The molecule has 0 aliphatic heterocycles. The quantitative estimate of drug-likeness (QED) is 0.292. The lowest BCUT2D eigenvalue weighted by Gasteiger charge is -2.34. The van der Waals surface area contributed by atoms with Gasteiger partial charge in [0.1, 0.15) is 6.04 Å². The molecule has 0 heterocycles. The van der Waals surface area contributed by atoms with Gasteiger partial charge in [-0.25, -0.2) is 8.42 Å². The molecule has 0 spiro atoms. The molecule has 1 atom stereocenters. The molecule has 1 N–H and O–H groups in total. The van der Waals surface area contributed by atoms with Gasteiger partial charge >= 0.3 is 0 Å². The molecule has 0 aliphatic carbocycles. The molecule has 0 bridgehead atoms. The first-order chi connectivity index (χ1) is 19.7. The van der Waals surface area contributed by atoms with Crippen molar-refractivity contribution < 1.29 is 18.0 Å². The van der Waals surface area contributed by atoms with Gasteiger partial charge in [-0.1, -0.05) is 60.7 Å². The van der Waals surface area contributed by atoms with E-state index in [9.17, 15) is 18.0 Å². The second-order valence-electron chi connectivity index (χ2n) is 12.1. The zero-order chi connectivity index (χ0) is 31.1. The number of nitrogens with one attached hydrogen (secondary N) is 1. The van der Waals surface area contributed by atoms with Crippen LogP contribution in [-0.4, -0.2) is 49.5 Å². The summed E-state index contributed by atoms with van der Waals surface area (Å²) < 4.78 is 26.8. The maximum absolute atomic E-state index is 14.0. The van der Waals surface area contributed by atoms with Gasteiger partial charge in [0.25, 0.3) is 0 Å². The molecule has 7 nitrogen and oxygen atoms in total. The first-order valence-electron chi connectivity index (χ1n) is 14.4. The molecular weight excluding hydrogens is 546 g/mol. The highest BCUT2D eigenvalue weighted by Crippen LogP contribution is 2.23. The molecule has 0 unspecified atom stereocenters. The number of nitrogens with zero attached hydrogens (tertiary/aromatic N) is 2. The number of hydrogen-bond donors (Lipinski definition) is 1. The number of carbonyl (C=O) groups excluding carboxylic acids is 2. The van der Waals surface area contributed by atoms with Crippen molar-refractivity contribution in [2.45, 2.75) is 78.9 Å². The Morgan fingerprint density at radius 2 is 1.50 bits per heavy atom. The summed E-state index contributed by atoms with van der Waals surface area (Å²) >= 11 is 0. The molecule has 226 valence electrons. The van der Waals surface area contributed by atoms with Crippen molar-refractivity contribution in [2.75, 3.05) is 17.1 Å². The van der Waals surface area contributed by atoms with E-state index >= 15 is 0 Å². The lowest BCUT2D eigenvalue weighted by atomic mass is 9.99. The van der Waals surface area contributed by atoms with E-state index in [0.717, 1.165) is 27.8 Å². The largest absolute Gasteiger partial charge is 0.350 e. The molecule has 8 heteroatoms. The van der Waals surface area contributed by atoms with E-state index in [1.807, 2.05) is 108 Å². The molecule has 3 rings (SSSR count). The smallest absolute Gasteiger partial charge is 0.243 e. The van der Waals surface area contributed by atoms with Crippen LogP contribution in [0.15, 0.2) is 72.8 Å². The molecule has 3 aromatic rings. The van der Waals surface area contributed by atoms with Crippen molar-refractivity contribution in [3.63, 3.8) is 0 Å². The van der Waals surface area contributed by atoms with Crippen LogP contribution in [-0.2, 0) is 32.6 Å². The predicted molar refractivity (Wildman–Crippen MR) is 171 cm³/mol. The van der Waals surface area contributed by atoms with E-state index in [-0.39, 0.29) is 31.3 Å². The average Bonchev–Trinajstić information content (AvgIpc) is 2.90. The summed E-state index contributed by atoms with van der Waals surface area (Å²) in [4.78, 5) is 29.4. The molecule has 3 aromatic carbocycles. The molecule has 0 fully saturated rings. The number of hydrogen-bond acceptors (Lipinski definition) is 4. The minimum atomic E-state index is -3.57. The standard InChI is InChI=1S/C34H45N3O4S/c1-25-19-20-30(22-27(25)3)37(42(7,40)41)21-13-18-32(38)36(24-29-17-12-11-14-26(29)2)31(33(39)35-34(4,5)6)23-28-15-9-8-10-16-28/h8-12,14-17,19-20,22,31H,13,18,21,23-24H2,1-7H3,(H,35,39)/t31-/m1/s1. The number of benzene rings is 3. The molecule has 42 heavy (non-hydrogen) atoms. The summed E-state index contributed by atoms with van der Waals surface area (Å²) in [6.45, 7) is 12.1. The fraction of sp³-hybridized carbons (Fsp3) is 0.412. The highest BCUT2D eigenvalue weighted by molar-refractivity contribution is 7.92. The number of aryl methyl sites for hydroxylation is 3. The van der Waals surface area contributed by atoms with E-state index in [2.05, 4.69) is 5.32 Å². The van der Waals surface area contributed by atoms with Crippen LogP contribution in [0.2, 0.25) is 0 Å². The summed E-state index contributed by atoms with van der Waals surface area (Å²) in [6, 6.07) is 22.3. The number of carbonyl (C=O) groups is 2. The lowest BCUT2D eigenvalue weighted by molar-refractivity contribution is -0.142. The summed E-state index contributed by atoms with van der Waals surface area (Å²) in [7, 11) is -3.57. The maximum Gasteiger partial charge on any atom is 0.243 e. The van der Waals surface area contributed by atoms with Gasteiger partial charge in [0.2, 0.25) is 21.8 Å². The molecule has 2 amide bonds. The molecular formula is C34H45N3O4S. The minimum Gasteiger partial charge on any atom is -0.350 e. The third-order valence-electron chi connectivity index (χ3n) is 7.30. The van der Waals surface area contributed by atoms with Gasteiger partial charge in [-0.2, -0.15) is 0 Å². The second kappa shape index (κ2) is 14.0. The highest BCUT2D eigenvalue weighted by atomic mass is 32.2. The second-order valence-corrected chi connectivity index (χ2v) is 14.0. The topological polar surface area (TPSA) is 86.8 Å². The van der Waals surface area contributed by atoms with Crippen LogP contribution < -0.4 is 9.62 Å². The number of anilines is 1. The molecule has 0 aromatic heterocycles. The Hall–Kier alpha value is -3.65. The van der Waals surface area contributed by atoms with Crippen LogP contribution >= 0.6 is 0 Å². The average molecular weight is 592 g/mol. The number of sulfonamides is 1. The van der Waals surface area contributed by atoms with Crippen molar-refractivity contribution in [1.82, 2.24) is 10.2 Å². The summed E-state index contributed by atoms with van der Waals surface area (Å²) in [5.74, 6) is -0.419. The van der Waals surface area contributed by atoms with Crippen molar-refractivity contribution in [3.8, 4) is 0 Å². The van der Waals surface area contributed by atoms with E-state index in [0.29, 0.717) is 18.5 Å². The van der Waals surface area contributed by atoms with Gasteiger partial charge in [-0.05, 0) is 87.9 Å². The van der Waals surface area contributed by atoms with E-state index < -0.39 is 21.6 Å². The first-order valence-corrected chi connectivity index (χ1v) is 16.3. The minimum absolute atomic E-state index is 0.0941. The third kappa shape index (κ3) is 9.44. The van der Waals surface area contributed by atoms with Crippen molar-refractivity contribution in [2.24, 2.45) is 0 Å². The van der Waals surface area contributed by atoms with Crippen LogP contribution in [0.3, 0.4) is 0 Å². The summed E-state index contributed by atoms with van der Waals surface area (Å²) in [5, 5.41) is 3.08.